The van der Waals surface area contributed by atoms with Gasteiger partial charge in [0.2, 0.25) is 4.80 Å². The Balaban J connectivity index is 2.10. The smallest absolute Gasteiger partial charge is 0.258 e. The molecule has 0 aliphatic carbocycles. The molecule has 0 bridgehead atoms. The molecule has 7 nitrogen and oxygen atoms in total. The number of thiazole rings is 1. The van der Waals surface area contributed by atoms with Crippen LogP contribution in [0.5, 0.6) is 0 Å². The van der Waals surface area contributed by atoms with E-state index >= 15 is 0 Å². The monoisotopic (exact) mass is 365 g/mol. The van der Waals surface area contributed by atoms with Crippen LogP contribution in [0.25, 0.3) is 11.3 Å². The number of nitro benzene ring substituents is 1. The second-order valence-corrected chi connectivity index (χ2v) is 5.99. The second kappa shape index (κ2) is 8.13. The fourth-order valence-corrected chi connectivity index (χ4v) is 3.06. The van der Waals surface area contributed by atoms with Crippen LogP contribution in [-0.2, 0) is 0 Å². The van der Waals surface area contributed by atoms with Crippen molar-refractivity contribution in [1.29, 1.82) is 0 Å². The van der Waals surface area contributed by atoms with Gasteiger partial charge in [-0.05, 0) is 12.1 Å². The number of hydrogen-bond acceptors (Lipinski definition) is 6. The van der Waals surface area contributed by atoms with E-state index in [1.54, 1.807) is 35.3 Å². The largest absolute Gasteiger partial charge is 0.270 e. The van der Waals surface area contributed by atoms with Gasteiger partial charge >= 0.3 is 0 Å². The summed E-state index contributed by atoms with van der Waals surface area (Å²) in [6.07, 6.45) is 5.00. The molecule has 3 rings (SSSR count). The Morgan fingerprint density at radius 2 is 2.19 bits per heavy atom. The Hall–Kier alpha value is -3.39. The molecule has 0 atom stereocenters. The van der Waals surface area contributed by atoms with Gasteiger partial charge in [0.05, 0.1) is 29.1 Å². The van der Waals surface area contributed by atoms with E-state index in [1.807, 2.05) is 23.6 Å². The summed E-state index contributed by atoms with van der Waals surface area (Å²) in [5.74, 6) is 0. The molecule has 0 N–H and O–H groups in total. The van der Waals surface area contributed by atoms with Crippen LogP contribution < -0.4 is 4.80 Å². The summed E-state index contributed by atoms with van der Waals surface area (Å²) in [6, 6.07) is 12.0. The normalized spacial score (nSPS) is 11.8. The molecule has 0 fully saturated rings. The minimum absolute atomic E-state index is 0.0264. The van der Waals surface area contributed by atoms with Crippen LogP contribution in [0.2, 0.25) is 0 Å². The van der Waals surface area contributed by atoms with Crippen LogP contribution in [0.3, 0.4) is 0 Å². The van der Waals surface area contributed by atoms with Crippen molar-refractivity contribution >= 4 is 23.2 Å². The Kier molecular flexibility index (Phi) is 5.45. The highest BCUT2D eigenvalue weighted by Crippen LogP contribution is 2.24. The number of non-ortho nitro benzene ring substituents is 1. The number of aromatic nitrogens is 2. The SMILES string of the molecule is C=CCN=c1scc(-c2cccc([N+](=O)[O-])c2)n1N=Cc1ccccn1. The minimum atomic E-state index is -0.416. The molecule has 1 aromatic carbocycles. The van der Waals surface area contributed by atoms with E-state index in [9.17, 15) is 10.1 Å². The van der Waals surface area contributed by atoms with Crippen LogP contribution in [0, 0.1) is 10.1 Å². The number of nitro groups is 1. The number of benzene rings is 1. The van der Waals surface area contributed by atoms with Gasteiger partial charge in [-0.25, -0.2) is 4.68 Å². The van der Waals surface area contributed by atoms with E-state index in [2.05, 4.69) is 21.7 Å². The Morgan fingerprint density at radius 1 is 1.31 bits per heavy atom. The molecule has 0 unspecified atom stereocenters. The number of nitrogens with zero attached hydrogens (tertiary/aromatic N) is 5. The van der Waals surface area contributed by atoms with Crippen molar-refractivity contribution in [2.24, 2.45) is 10.1 Å². The highest BCUT2D eigenvalue weighted by Gasteiger charge is 2.11. The van der Waals surface area contributed by atoms with Crippen molar-refractivity contribution in [3.63, 3.8) is 0 Å². The molecule has 3 aromatic rings. The molecule has 0 radical (unpaired) electrons. The highest BCUT2D eigenvalue weighted by molar-refractivity contribution is 7.07. The first-order chi connectivity index (χ1) is 12.7. The van der Waals surface area contributed by atoms with Gasteiger partial charge in [-0.2, -0.15) is 5.10 Å². The molecule has 26 heavy (non-hydrogen) atoms. The predicted octanol–water partition coefficient (Wildman–Crippen LogP) is 3.49. The maximum Gasteiger partial charge on any atom is 0.270 e. The van der Waals surface area contributed by atoms with Crippen molar-refractivity contribution in [3.05, 3.63) is 87.3 Å². The van der Waals surface area contributed by atoms with Gasteiger partial charge < -0.3 is 0 Å². The van der Waals surface area contributed by atoms with Gasteiger partial charge in [0.15, 0.2) is 0 Å². The lowest BCUT2D eigenvalue weighted by atomic mass is 10.1. The number of hydrogen-bond donors (Lipinski definition) is 0. The van der Waals surface area contributed by atoms with E-state index in [0.29, 0.717) is 28.3 Å². The third kappa shape index (κ3) is 3.98. The number of rotatable bonds is 6. The molecule has 0 amide bonds. The third-order valence-corrected chi connectivity index (χ3v) is 4.24. The van der Waals surface area contributed by atoms with Gasteiger partial charge in [-0.15, -0.1) is 17.9 Å². The van der Waals surface area contributed by atoms with E-state index in [-0.39, 0.29) is 5.69 Å². The summed E-state index contributed by atoms with van der Waals surface area (Å²) in [5, 5.41) is 17.4. The molecular formula is C18H15N5O2S. The van der Waals surface area contributed by atoms with Gasteiger partial charge in [-0.3, -0.25) is 20.1 Å². The van der Waals surface area contributed by atoms with Crippen LogP contribution in [-0.4, -0.2) is 27.3 Å². The molecule has 0 saturated heterocycles. The molecule has 2 heterocycles. The Bertz CT molecular complexity index is 1020. The molecule has 0 aliphatic heterocycles. The predicted molar refractivity (Wildman–Crippen MR) is 102 cm³/mol. The van der Waals surface area contributed by atoms with Crippen molar-refractivity contribution in [2.45, 2.75) is 0 Å². The van der Waals surface area contributed by atoms with Crippen LogP contribution in [0.15, 0.2) is 76.8 Å². The molecule has 0 spiro atoms. The lowest BCUT2D eigenvalue weighted by molar-refractivity contribution is -0.384. The summed E-state index contributed by atoms with van der Waals surface area (Å²) in [4.78, 5) is 20.0. The van der Waals surface area contributed by atoms with Crippen molar-refractivity contribution in [3.8, 4) is 11.3 Å². The molecule has 0 aliphatic rings. The Labute approximate surface area is 153 Å². The van der Waals surface area contributed by atoms with Gasteiger partial charge in [-0.1, -0.05) is 24.3 Å². The highest BCUT2D eigenvalue weighted by atomic mass is 32.1. The molecule has 2 aromatic heterocycles. The van der Waals surface area contributed by atoms with Crippen molar-refractivity contribution in [2.75, 3.05) is 6.54 Å². The zero-order valence-corrected chi connectivity index (χ0v) is 14.5. The maximum atomic E-state index is 11.1. The fourth-order valence-electron chi connectivity index (χ4n) is 2.21. The quantitative estimate of drug-likeness (QED) is 0.290. The first kappa shape index (κ1) is 17.4. The van der Waals surface area contributed by atoms with Crippen molar-refractivity contribution < 1.29 is 4.92 Å². The first-order valence-corrected chi connectivity index (χ1v) is 8.59. The summed E-state index contributed by atoms with van der Waals surface area (Å²) in [5.41, 5.74) is 2.13. The summed E-state index contributed by atoms with van der Waals surface area (Å²) < 4.78 is 1.65. The zero-order valence-electron chi connectivity index (χ0n) is 13.7. The van der Waals surface area contributed by atoms with E-state index in [4.69, 9.17) is 0 Å². The fraction of sp³-hybridized carbons (Fsp3) is 0.0556. The van der Waals surface area contributed by atoms with Gasteiger partial charge in [0, 0.05) is 29.3 Å². The zero-order chi connectivity index (χ0) is 18.4. The van der Waals surface area contributed by atoms with Crippen molar-refractivity contribution in [1.82, 2.24) is 9.66 Å². The average Bonchev–Trinajstić information content (AvgIpc) is 3.08. The standard InChI is InChI=1S/C18H15N5O2S/c1-2-9-20-18-22(21-12-15-7-3-4-10-19-15)17(13-26-18)14-6-5-8-16(11-14)23(24)25/h2-8,10-13H,1,9H2. The van der Waals surface area contributed by atoms with Crippen LogP contribution >= 0.6 is 11.3 Å². The second-order valence-electron chi connectivity index (χ2n) is 5.15. The summed E-state index contributed by atoms with van der Waals surface area (Å²) in [7, 11) is 0. The minimum Gasteiger partial charge on any atom is -0.258 e. The molecule has 0 saturated carbocycles. The topological polar surface area (TPSA) is 85.7 Å². The lowest BCUT2D eigenvalue weighted by Crippen LogP contribution is -2.12. The van der Waals surface area contributed by atoms with E-state index < -0.39 is 4.92 Å². The molecule has 8 heteroatoms. The Morgan fingerprint density at radius 3 is 2.92 bits per heavy atom. The number of pyridine rings is 1. The van der Waals surface area contributed by atoms with E-state index in [1.165, 1.54) is 23.5 Å². The lowest BCUT2D eigenvalue weighted by Gasteiger charge is -2.03. The van der Waals surface area contributed by atoms with E-state index in [0.717, 1.165) is 0 Å². The molecule has 130 valence electrons. The average molecular weight is 365 g/mol. The molecular weight excluding hydrogens is 350 g/mol. The third-order valence-electron chi connectivity index (χ3n) is 3.39. The summed E-state index contributed by atoms with van der Waals surface area (Å²) in [6.45, 7) is 4.13. The maximum absolute atomic E-state index is 11.1. The summed E-state index contributed by atoms with van der Waals surface area (Å²) >= 11 is 1.40. The van der Waals surface area contributed by atoms with Gasteiger partial charge in [0.1, 0.15) is 0 Å². The van der Waals surface area contributed by atoms with Crippen LogP contribution in [0.1, 0.15) is 5.69 Å². The van der Waals surface area contributed by atoms with Gasteiger partial charge in [0.25, 0.3) is 5.69 Å². The van der Waals surface area contributed by atoms with Crippen LogP contribution in [0.4, 0.5) is 5.69 Å². The first-order valence-electron chi connectivity index (χ1n) is 7.71.